The predicted molar refractivity (Wildman–Crippen MR) is 113 cm³/mol. The normalized spacial score (nSPS) is 26.6. The summed E-state index contributed by atoms with van der Waals surface area (Å²) in [5, 5.41) is 10.8. The summed E-state index contributed by atoms with van der Waals surface area (Å²) in [4.78, 5) is 40.9. The Morgan fingerprint density at radius 3 is 2.00 bits per heavy atom. The minimum atomic E-state index is -1.83. The quantitative estimate of drug-likeness (QED) is 0.560. The van der Waals surface area contributed by atoms with Crippen LogP contribution in [0, 0.1) is 11.8 Å². The summed E-state index contributed by atoms with van der Waals surface area (Å²) in [7, 11) is 3.81. The number of carbonyl (C=O) groups is 3. The van der Waals surface area contributed by atoms with Gasteiger partial charge in [-0.1, -0.05) is 12.1 Å². The summed E-state index contributed by atoms with van der Waals surface area (Å²) < 4.78 is 10.8. The molecule has 166 valence electrons. The van der Waals surface area contributed by atoms with Crippen LogP contribution in [0.4, 0.5) is 5.69 Å². The van der Waals surface area contributed by atoms with Gasteiger partial charge in [-0.3, -0.25) is 14.4 Å². The van der Waals surface area contributed by atoms with Gasteiger partial charge in [-0.05, 0) is 58.7 Å². The van der Waals surface area contributed by atoms with Gasteiger partial charge in [0.1, 0.15) is 11.5 Å². The van der Waals surface area contributed by atoms with Crippen LogP contribution < -0.4 is 4.90 Å². The molecule has 0 aromatic heterocycles. The number of Topliss-reactive ketones (excluding diaryl/α,β-unsaturated/α-hetero) is 1. The summed E-state index contributed by atoms with van der Waals surface area (Å²) in [5.74, 6) is -4.86. The summed E-state index contributed by atoms with van der Waals surface area (Å²) >= 11 is 0. The monoisotopic (exact) mass is 419 g/mol. The maximum absolute atomic E-state index is 13.1. The first kappa shape index (κ1) is 23.9. The van der Waals surface area contributed by atoms with Crippen LogP contribution in [0.25, 0.3) is 0 Å². The number of esters is 2. The van der Waals surface area contributed by atoms with Crippen LogP contribution in [0.15, 0.2) is 24.3 Å². The molecule has 7 heteroatoms. The van der Waals surface area contributed by atoms with Gasteiger partial charge in [-0.15, -0.1) is 0 Å². The molecule has 4 unspecified atom stereocenters. The molecule has 2 rings (SSSR count). The van der Waals surface area contributed by atoms with Crippen LogP contribution in [0.5, 0.6) is 0 Å². The molecule has 1 aromatic carbocycles. The fourth-order valence-corrected chi connectivity index (χ4v) is 3.91. The van der Waals surface area contributed by atoms with E-state index in [0.717, 1.165) is 5.69 Å². The van der Waals surface area contributed by atoms with E-state index in [-0.39, 0.29) is 12.5 Å². The third-order valence-corrected chi connectivity index (χ3v) is 5.28. The number of aliphatic hydroxyl groups is 1. The SMILES string of the molecule is CC(C)OC(=O)C1CC(C)(O)C(=O)C(C(=O)OC(C)C)C1c1ccc(N(C)C)cc1. The topological polar surface area (TPSA) is 93.1 Å². The highest BCUT2D eigenvalue weighted by Gasteiger charge is 2.56. The van der Waals surface area contributed by atoms with Crippen molar-refractivity contribution in [3.05, 3.63) is 29.8 Å². The minimum Gasteiger partial charge on any atom is -0.463 e. The van der Waals surface area contributed by atoms with Crippen molar-refractivity contribution in [2.75, 3.05) is 19.0 Å². The number of hydrogen-bond acceptors (Lipinski definition) is 7. The van der Waals surface area contributed by atoms with Gasteiger partial charge in [0.05, 0.1) is 18.1 Å². The molecule has 1 aliphatic carbocycles. The Labute approximate surface area is 178 Å². The van der Waals surface area contributed by atoms with Crippen molar-refractivity contribution in [3.63, 3.8) is 0 Å². The van der Waals surface area contributed by atoms with Crippen molar-refractivity contribution in [2.45, 2.75) is 64.8 Å². The van der Waals surface area contributed by atoms with E-state index in [9.17, 15) is 19.5 Å². The largest absolute Gasteiger partial charge is 0.463 e. The molecule has 7 nitrogen and oxygen atoms in total. The molecular formula is C23H33NO6. The fourth-order valence-electron chi connectivity index (χ4n) is 3.91. The molecule has 0 bridgehead atoms. The second kappa shape index (κ2) is 9.16. The van der Waals surface area contributed by atoms with E-state index in [4.69, 9.17) is 9.47 Å². The highest BCUT2D eigenvalue weighted by atomic mass is 16.5. The van der Waals surface area contributed by atoms with Crippen LogP contribution in [-0.2, 0) is 23.9 Å². The van der Waals surface area contributed by atoms with Crippen molar-refractivity contribution < 1.29 is 29.0 Å². The van der Waals surface area contributed by atoms with Gasteiger partial charge in [-0.2, -0.15) is 0 Å². The molecule has 0 aliphatic heterocycles. The van der Waals surface area contributed by atoms with Crippen LogP contribution in [0.3, 0.4) is 0 Å². The molecule has 1 aliphatic rings. The number of nitrogens with zero attached hydrogens (tertiary/aromatic N) is 1. The van der Waals surface area contributed by atoms with E-state index in [0.29, 0.717) is 5.56 Å². The fraction of sp³-hybridized carbons (Fsp3) is 0.609. The Kier molecular flexibility index (Phi) is 7.29. The molecule has 4 atom stereocenters. The Morgan fingerprint density at radius 1 is 1.03 bits per heavy atom. The van der Waals surface area contributed by atoms with Crippen molar-refractivity contribution in [2.24, 2.45) is 11.8 Å². The Balaban J connectivity index is 2.58. The van der Waals surface area contributed by atoms with Crippen molar-refractivity contribution in [3.8, 4) is 0 Å². The lowest BCUT2D eigenvalue weighted by Gasteiger charge is -2.42. The molecule has 0 saturated heterocycles. The molecular weight excluding hydrogens is 386 g/mol. The van der Waals surface area contributed by atoms with E-state index < -0.39 is 47.2 Å². The second-order valence-corrected chi connectivity index (χ2v) is 8.91. The second-order valence-electron chi connectivity index (χ2n) is 8.91. The molecule has 0 spiro atoms. The molecule has 0 amide bonds. The number of rotatable bonds is 6. The average Bonchev–Trinajstić information content (AvgIpc) is 2.62. The van der Waals surface area contributed by atoms with Crippen molar-refractivity contribution >= 4 is 23.4 Å². The Hall–Kier alpha value is -2.41. The minimum absolute atomic E-state index is 0.122. The summed E-state index contributed by atoms with van der Waals surface area (Å²) in [6, 6.07) is 7.34. The molecule has 0 heterocycles. The summed E-state index contributed by atoms with van der Waals surface area (Å²) in [5.41, 5.74) is -0.238. The van der Waals surface area contributed by atoms with Gasteiger partial charge in [0.2, 0.25) is 0 Å². The highest BCUT2D eigenvalue weighted by molar-refractivity contribution is 6.06. The van der Waals surface area contributed by atoms with Crippen LogP contribution in [0.2, 0.25) is 0 Å². The Bertz CT molecular complexity index is 781. The zero-order valence-corrected chi connectivity index (χ0v) is 18.8. The van der Waals surface area contributed by atoms with Gasteiger partial charge in [0, 0.05) is 25.7 Å². The zero-order valence-electron chi connectivity index (χ0n) is 18.8. The molecule has 1 fully saturated rings. The lowest BCUT2D eigenvalue weighted by molar-refractivity contribution is -0.173. The smallest absolute Gasteiger partial charge is 0.317 e. The first-order valence-corrected chi connectivity index (χ1v) is 10.3. The molecule has 1 saturated carbocycles. The molecule has 0 radical (unpaired) electrons. The number of ketones is 1. The Morgan fingerprint density at radius 2 is 1.53 bits per heavy atom. The number of hydrogen-bond donors (Lipinski definition) is 1. The summed E-state index contributed by atoms with van der Waals surface area (Å²) in [6.45, 7) is 8.18. The lowest BCUT2D eigenvalue weighted by atomic mass is 9.63. The van der Waals surface area contributed by atoms with Crippen molar-refractivity contribution in [1.82, 2.24) is 0 Å². The third-order valence-electron chi connectivity index (χ3n) is 5.28. The maximum atomic E-state index is 13.1. The summed E-state index contributed by atoms with van der Waals surface area (Å²) in [6.07, 6.45) is -0.920. The van der Waals surface area contributed by atoms with E-state index in [1.807, 2.05) is 31.1 Å². The van der Waals surface area contributed by atoms with Gasteiger partial charge in [0.15, 0.2) is 5.78 Å². The van der Waals surface area contributed by atoms with Crippen LogP contribution >= 0.6 is 0 Å². The van der Waals surface area contributed by atoms with Crippen LogP contribution in [0.1, 0.15) is 52.5 Å². The van der Waals surface area contributed by atoms with E-state index in [1.54, 1.807) is 39.8 Å². The standard InChI is InChI=1S/C23H33NO6/c1-13(2)29-21(26)17-12-23(5,28)20(25)19(22(27)30-14(3)4)18(17)15-8-10-16(11-9-15)24(6)7/h8-11,13-14,17-19,28H,12H2,1-7H3. The molecule has 1 N–H and O–H groups in total. The lowest BCUT2D eigenvalue weighted by Crippen LogP contribution is -2.55. The first-order valence-electron chi connectivity index (χ1n) is 10.3. The van der Waals surface area contributed by atoms with Crippen LogP contribution in [-0.4, -0.2) is 54.7 Å². The number of anilines is 1. The highest BCUT2D eigenvalue weighted by Crippen LogP contribution is 2.45. The zero-order chi connectivity index (χ0) is 22.8. The van der Waals surface area contributed by atoms with Gasteiger partial charge in [-0.25, -0.2) is 0 Å². The maximum Gasteiger partial charge on any atom is 0.317 e. The molecule has 30 heavy (non-hydrogen) atoms. The van der Waals surface area contributed by atoms with E-state index in [2.05, 4.69) is 0 Å². The average molecular weight is 420 g/mol. The van der Waals surface area contributed by atoms with E-state index >= 15 is 0 Å². The van der Waals surface area contributed by atoms with Crippen molar-refractivity contribution in [1.29, 1.82) is 0 Å². The van der Waals surface area contributed by atoms with Gasteiger partial charge in [0.25, 0.3) is 0 Å². The number of carbonyl (C=O) groups excluding carboxylic acids is 3. The third kappa shape index (κ3) is 5.19. The number of benzene rings is 1. The van der Waals surface area contributed by atoms with E-state index in [1.165, 1.54) is 6.92 Å². The molecule has 1 aromatic rings. The van der Waals surface area contributed by atoms with Gasteiger partial charge >= 0.3 is 11.9 Å². The van der Waals surface area contributed by atoms with Gasteiger partial charge < -0.3 is 19.5 Å². The predicted octanol–water partition coefficient (Wildman–Crippen LogP) is 2.70. The first-order chi connectivity index (χ1) is 13.8. The number of ether oxygens (including phenoxy) is 2.